The van der Waals surface area contributed by atoms with Crippen molar-refractivity contribution in [3.05, 3.63) is 35.5 Å². The van der Waals surface area contributed by atoms with Gasteiger partial charge in [-0.05, 0) is 26.0 Å². The average Bonchev–Trinajstić information content (AvgIpc) is 3.06. The van der Waals surface area contributed by atoms with E-state index in [-0.39, 0.29) is 23.7 Å². The maximum absolute atomic E-state index is 12.2. The van der Waals surface area contributed by atoms with Crippen LogP contribution in [0.15, 0.2) is 27.7 Å². The summed E-state index contributed by atoms with van der Waals surface area (Å²) in [6.07, 6.45) is 1.44. The second kappa shape index (κ2) is 6.83. The van der Waals surface area contributed by atoms with Gasteiger partial charge in [0.15, 0.2) is 0 Å². The number of nitrogens with one attached hydrogen (secondary N) is 3. The fourth-order valence-electron chi connectivity index (χ4n) is 1.99. The van der Waals surface area contributed by atoms with E-state index in [4.69, 9.17) is 4.42 Å². The topological polar surface area (TPSA) is 134 Å². The van der Waals surface area contributed by atoms with Crippen molar-refractivity contribution in [1.29, 1.82) is 0 Å². The number of furan rings is 1. The first-order valence-corrected chi connectivity index (χ1v) is 9.86. The average molecular weight is 362 g/mol. The van der Waals surface area contributed by atoms with Crippen LogP contribution in [0, 0.1) is 13.8 Å². The zero-order valence-corrected chi connectivity index (χ0v) is 14.3. The van der Waals surface area contributed by atoms with Crippen LogP contribution in [0.3, 0.4) is 0 Å². The summed E-state index contributed by atoms with van der Waals surface area (Å²) in [4.78, 5) is 0.0402. The zero-order chi connectivity index (χ0) is 17.1. The van der Waals surface area contributed by atoms with Crippen LogP contribution in [0.25, 0.3) is 0 Å². The minimum Gasteiger partial charge on any atom is -0.468 e. The zero-order valence-electron chi connectivity index (χ0n) is 12.7. The van der Waals surface area contributed by atoms with E-state index < -0.39 is 20.0 Å². The molecule has 0 atom stereocenters. The molecule has 2 aromatic rings. The first-order valence-electron chi connectivity index (χ1n) is 6.72. The molecule has 0 aromatic carbocycles. The molecule has 0 radical (unpaired) electrons. The molecule has 0 bridgehead atoms. The number of aromatic amines is 1. The molecular weight excluding hydrogens is 344 g/mol. The molecule has 9 nitrogen and oxygen atoms in total. The van der Waals surface area contributed by atoms with Crippen LogP contribution in [-0.2, 0) is 26.6 Å². The largest absolute Gasteiger partial charge is 0.468 e. The highest BCUT2D eigenvalue weighted by Gasteiger charge is 2.22. The van der Waals surface area contributed by atoms with Gasteiger partial charge in [-0.25, -0.2) is 26.3 Å². The summed E-state index contributed by atoms with van der Waals surface area (Å²) in [5.41, 5.74) is 0.725. The van der Waals surface area contributed by atoms with Crippen LogP contribution in [0.1, 0.15) is 17.1 Å². The quantitative estimate of drug-likeness (QED) is 0.606. The Morgan fingerprint density at radius 1 is 1.22 bits per heavy atom. The molecule has 0 saturated carbocycles. The van der Waals surface area contributed by atoms with Crippen molar-refractivity contribution in [2.45, 2.75) is 25.3 Å². The number of aromatic nitrogens is 2. The predicted molar refractivity (Wildman–Crippen MR) is 82.6 cm³/mol. The Labute approximate surface area is 134 Å². The second-order valence-electron chi connectivity index (χ2n) is 4.88. The van der Waals surface area contributed by atoms with E-state index in [1.54, 1.807) is 26.0 Å². The molecule has 0 fully saturated rings. The summed E-state index contributed by atoms with van der Waals surface area (Å²) in [6.45, 7) is 2.90. The van der Waals surface area contributed by atoms with Crippen molar-refractivity contribution in [3.8, 4) is 0 Å². The number of nitrogens with zero attached hydrogens (tertiary/aromatic N) is 1. The van der Waals surface area contributed by atoms with Gasteiger partial charge in [-0.1, -0.05) is 0 Å². The van der Waals surface area contributed by atoms with Crippen molar-refractivity contribution in [3.63, 3.8) is 0 Å². The van der Waals surface area contributed by atoms with E-state index >= 15 is 0 Å². The Hall–Kier alpha value is -1.69. The molecule has 2 aromatic heterocycles. The minimum absolute atomic E-state index is 0.0159. The second-order valence-corrected chi connectivity index (χ2v) is 8.51. The van der Waals surface area contributed by atoms with Gasteiger partial charge in [-0.2, -0.15) is 5.10 Å². The molecule has 0 aliphatic carbocycles. The van der Waals surface area contributed by atoms with Crippen LogP contribution in [-0.4, -0.2) is 39.3 Å². The fraction of sp³-hybridized carbons (Fsp3) is 0.417. The van der Waals surface area contributed by atoms with E-state index in [0.29, 0.717) is 17.1 Å². The molecular formula is C12H18N4O5S2. The molecule has 2 rings (SSSR count). The number of rotatable bonds is 8. The van der Waals surface area contributed by atoms with Gasteiger partial charge >= 0.3 is 0 Å². The number of hydrogen-bond donors (Lipinski definition) is 3. The Bertz CT molecular complexity index is 834. The fourth-order valence-corrected chi connectivity index (χ4v) is 4.39. The van der Waals surface area contributed by atoms with Crippen molar-refractivity contribution in [2.75, 3.05) is 12.3 Å². The summed E-state index contributed by atoms with van der Waals surface area (Å²) in [5.74, 6) is 0.0851. The van der Waals surface area contributed by atoms with E-state index in [2.05, 4.69) is 19.6 Å². The highest BCUT2D eigenvalue weighted by atomic mass is 32.2. The molecule has 128 valence electrons. The van der Waals surface area contributed by atoms with Gasteiger partial charge < -0.3 is 4.42 Å². The third kappa shape index (κ3) is 4.64. The van der Waals surface area contributed by atoms with Crippen LogP contribution >= 0.6 is 0 Å². The van der Waals surface area contributed by atoms with Crippen LogP contribution in [0.2, 0.25) is 0 Å². The van der Waals surface area contributed by atoms with Gasteiger partial charge in [0.05, 0.1) is 29.9 Å². The van der Waals surface area contributed by atoms with Crippen LogP contribution < -0.4 is 9.44 Å². The van der Waals surface area contributed by atoms with Crippen molar-refractivity contribution in [2.24, 2.45) is 0 Å². The first-order chi connectivity index (χ1) is 10.7. The summed E-state index contributed by atoms with van der Waals surface area (Å²) < 4.78 is 57.6. The molecule has 0 unspecified atom stereocenters. The third-order valence-electron chi connectivity index (χ3n) is 3.04. The van der Waals surface area contributed by atoms with E-state index in [1.807, 2.05) is 0 Å². The van der Waals surface area contributed by atoms with Gasteiger partial charge in [-0.15, -0.1) is 0 Å². The summed E-state index contributed by atoms with van der Waals surface area (Å²) in [7, 11) is -7.44. The lowest BCUT2D eigenvalue weighted by molar-refractivity contribution is 0.498. The van der Waals surface area contributed by atoms with Crippen LogP contribution in [0.4, 0.5) is 0 Å². The molecule has 0 aliphatic rings. The first kappa shape index (κ1) is 17.7. The standard InChI is InChI=1S/C12H18N4O5S2/c1-9-12(10(2)16-15-9)23(19,20)13-5-7-22(17,18)14-8-11-4-3-6-21-11/h3-4,6,13-14H,5,7-8H2,1-2H3,(H,15,16). The number of hydrogen-bond acceptors (Lipinski definition) is 6. The molecule has 0 aliphatic heterocycles. The lowest BCUT2D eigenvalue weighted by Gasteiger charge is -2.08. The Kier molecular flexibility index (Phi) is 5.24. The van der Waals surface area contributed by atoms with Gasteiger partial charge in [0.1, 0.15) is 10.7 Å². The van der Waals surface area contributed by atoms with E-state index in [1.165, 1.54) is 6.26 Å². The smallest absolute Gasteiger partial charge is 0.244 e. The maximum Gasteiger partial charge on any atom is 0.244 e. The Morgan fingerprint density at radius 3 is 2.52 bits per heavy atom. The van der Waals surface area contributed by atoms with Gasteiger partial charge in [0.25, 0.3) is 0 Å². The van der Waals surface area contributed by atoms with Crippen LogP contribution in [0.5, 0.6) is 0 Å². The molecule has 23 heavy (non-hydrogen) atoms. The molecule has 2 heterocycles. The highest BCUT2D eigenvalue weighted by Crippen LogP contribution is 2.15. The minimum atomic E-state index is -3.81. The molecule has 0 amide bonds. The molecule has 0 saturated heterocycles. The van der Waals surface area contributed by atoms with Crippen molar-refractivity contribution in [1.82, 2.24) is 19.6 Å². The molecule has 0 spiro atoms. The van der Waals surface area contributed by atoms with Crippen molar-refractivity contribution < 1.29 is 21.3 Å². The number of sulfonamides is 2. The van der Waals surface area contributed by atoms with E-state index in [0.717, 1.165) is 0 Å². The van der Waals surface area contributed by atoms with Gasteiger partial charge in [0.2, 0.25) is 20.0 Å². The van der Waals surface area contributed by atoms with E-state index in [9.17, 15) is 16.8 Å². The van der Waals surface area contributed by atoms with Gasteiger partial charge in [0, 0.05) is 6.54 Å². The lowest BCUT2D eigenvalue weighted by atomic mass is 10.4. The SMILES string of the molecule is Cc1n[nH]c(C)c1S(=O)(=O)NCCS(=O)(=O)NCc1ccco1. The number of aryl methyl sites for hydroxylation is 2. The van der Waals surface area contributed by atoms with Crippen molar-refractivity contribution >= 4 is 20.0 Å². The third-order valence-corrected chi connectivity index (χ3v) is 6.09. The summed E-state index contributed by atoms with van der Waals surface area (Å²) in [5, 5.41) is 6.39. The highest BCUT2D eigenvalue weighted by molar-refractivity contribution is 7.90. The molecule has 11 heteroatoms. The summed E-state index contributed by atoms with van der Waals surface area (Å²) >= 11 is 0. The lowest BCUT2D eigenvalue weighted by Crippen LogP contribution is -2.34. The maximum atomic E-state index is 12.2. The predicted octanol–water partition coefficient (Wildman–Crippen LogP) is 0.0174. The molecule has 3 N–H and O–H groups in total. The normalized spacial score (nSPS) is 12.6. The Morgan fingerprint density at radius 2 is 1.96 bits per heavy atom. The summed E-state index contributed by atoms with van der Waals surface area (Å²) in [6, 6.07) is 3.28. The Balaban J connectivity index is 1.91. The number of H-pyrrole nitrogens is 1. The monoisotopic (exact) mass is 362 g/mol. The van der Waals surface area contributed by atoms with Gasteiger partial charge in [-0.3, -0.25) is 5.10 Å².